The van der Waals surface area contributed by atoms with Crippen molar-refractivity contribution in [1.29, 1.82) is 0 Å². The fraction of sp³-hybridized carbons (Fsp3) is 0.467. The summed E-state index contributed by atoms with van der Waals surface area (Å²) in [5.74, 6) is -0.151. The molecule has 1 amide bonds. The number of alkyl halides is 3. The third-order valence-corrected chi connectivity index (χ3v) is 3.72. The Bertz CT molecular complexity index is 777. The second-order valence-corrected chi connectivity index (χ2v) is 5.74. The molecule has 0 aromatic carbocycles. The highest BCUT2D eigenvalue weighted by molar-refractivity contribution is 5.95. The fourth-order valence-corrected chi connectivity index (χ4v) is 2.67. The van der Waals surface area contributed by atoms with Crippen LogP contribution in [0.1, 0.15) is 40.7 Å². The van der Waals surface area contributed by atoms with Crippen LogP contribution in [0.5, 0.6) is 0 Å². The molecule has 0 bridgehead atoms. The highest BCUT2D eigenvalue weighted by Crippen LogP contribution is 2.33. The van der Waals surface area contributed by atoms with Gasteiger partial charge < -0.3 is 14.2 Å². The van der Waals surface area contributed by atoms with Crippen LogP contribution in [-0.4, -0.2) is 45.1 Å². The Morgan fingerprint density at radius 1 is 1.36 bits per heavy atom. The van der Waals surface area contributed by atoms with E-state index in [2.05, 4.69) is 15.1 Å². The van der Waals surface area contributed by atoms with E-state index in [-0.39, 0.29) is 19.0 Å². The predicted octanol–water partition coefficient (Wildman–Crippen LogP) is 2.39. The third-order valence-electron chi connectivity index (χ3n) is 3.72. The molecule has 0 radical (unpaired) electrons. The van der Waals surface area contributed by atoms with Gasteiger partial charge in [-0.3, -0.25) is 9.78 Å². The number of rotatable bonds is 2. The quantitative estimate of drug-likeness (QED) is 0.822. The minimum atomic E-state index is -4.67. The van der Waals surface area contributed by atoms with Gasteiger partial charge in [-0.25, -0.2) is 0 Å². The van der Waals surface area contributed by atoms with Gasteiger partial charge in [0, 0.05) is 18.9 Å². The van der Waals surface area contributed by atoms with Crippen molar-refractivity contribution in [2.24, 2.45) is 0 Å². The average molecular weight is 356 g/mol. The maximum Gasteiger partial charge on any atom is 0.418 e. The van der Waals surface area contributed by atoms with E-state index in [1.54, 1.807) is 13.8 Å². The van der Waals surface area contributed by atoms with Gasteiger partial charge in [0.05, 0.1) is 23.8 Å². The highest BCUT2D eigenvalue weighted by atomic mass is 19.4. The Morgan fingerprint density at radius 2 is 2.12 bits per heavy atom. The summed E-state index contributed by atoms with van der Waals surface area (Å²) in [4.78, 5) is 21.5. The molecule has 2 atom stereocenters. The van der Waals surface area contributed by atoms with Gasteiger partial charge in [0.1, 0.15) is 0 Å². The second kappa shape index (κ2) is 6.43. The van der Waals surface area contributed by atoms with Gasteiger partial charge in [-0.1, -0.05) is 5.16 Å². The number of hydrogen-bond donors (Lipinski definition) is 0. The summed E-state index contributed by atoms with van der Waals surface area (Å²) in [7, 11) is 0. The lowest BCUT2D eigenvalue weighted by atomic mass is 10.1. The first-order chi connectivity index (χ1) is 11.8. The topological polar surface area (TPSA) is 81.4 Å². The molecule has 25 heavy (non-hydrogen) atoms. The van der Waals surface area contributed by atoms with Crippen molar-refractivity contribution in [2.45, 2.75) is 32.2 Å². The van der Waals surface area contributed by atoms with Gasteiger partial charge in [0.15, 0.2) is 11.9 Å². The van der Waals surface area contributed by atoms with Crippen LogP contribution in [0.2, 0.25) is 0 Å². The zero-order valence-electron chi connectivity index (χ0n) is 13.4. The third kappa shape index (κ3) is 3.63. The highest BCUT2D eigenvalue weighted by Gasteiger charge is 2.39. The predicted molar refractivity (Wildman–Crippen MR) is 77.5 cm³/mol. The summed E-state index contributed by atoms with van der Waals surface area (Å²) in [6.45, 7) is 3.52. The maximum atomic E-state index is 13.1. The van der Waals surface area contributed by atoms with Crippen LogP contribution in [0.15, 0.2) is 23.0 Å². The van der Waals surface area contributed by atoms with Gasteiger partial charge in [0.2, 0.25) is 0 Å². The Hall–Kier alpha value is -2.49. The van der Waals surface area contributed by atoms with Gasteiger partial charge in [-0.2, -0.15) is 18.2 Å². The van der Waals surface area contributed by atoms with Crippen LogP contribution < -0.4 is 0 Å². The van der Waals surface area contributed by atoms with Gasteiger partial charge in [-0.05, 0) is 19.9 Å². The van der Waals surface area contributed by atoms with E-state index in [4.69, 9.17) is 9.26 Å². The largest absolute Gasteiger partial charge is 0.418 e. The zero-order valence-corrected chi connectivity index (χ0v) is 13.4. The molecule has 0 spiro atoms. The summed E-state index contributed by atoms with van der Waals surface area (Å²) < 4.78 is 50.1. The van der Waals surface area contributed by atoms with E-state index in [0.717, 1.165) is 12.3 Å². The van der Waals surface area contributed by atoms with E-state index in [1.165, 1.54) is 4.90 Å². The fourth-order valence-electron chi connectivity index (χ4n) is 2.67. The normalized spacial score (nSPS) is 21.4. The first-order valence-corrected chi connectivity index (χ1v) is 7.52. The van der Waals surface area contributed by atoms with Crippen LogP contribution in [0.4, 0.5) is 13.2 Å². The van der Waals surface area contributed by atoms with Crippen molar-refractivity contribution in [3.8, 4) is 0 Å². The molecule has 1 fully saturated rings. The van der Waals surface area contributed by atoms with Crippen molar-refractivity contribution < 1.29 is 27.2 Å². The number of amides is 1. The van der Waals surface area contributed by atoms with Crippen molar-refractivity contribution in [3.05, 3.63) is 41.3 Å². The lowest BCUT2D eigenvalue weighted by molar-refractivity contribution is -0.138. The number of halogens is 3. The molecule has 0 N–H and O–H groups in total. The molecule has 3 rings (SSSR count). The van der Waals surface area contributed by atoms with E-state index in [1.807, 2.05) is 0 Å². The molecule has 1 saturated heterocycles. The Labute approximate surface area is 140 Å². The summed E-state index contributed by atoms with van der Waals surface area (Å²) in [5, 5.41) is 3.66. The number of morpholine rings is 1. The summed E-state index contributed by atoms with van der Waals surface area (Å²) in [6.07, 6.45) is -3.95. The SMILES string of the molecule is Cc1noc([C@H]2CN(C(=O)c3ccncc3C(F)(F)F)C[C@@H](C)O2)n1. The van der Waals surface area contributed by atoms with Crippen LogP contribution in [-0.2, 0) is 10.9 Å². The number of ether oxygens (including phenoxy) is 1. The van der Waals surface area contributed by atoms with Crippen molar-refractivity contribution in [3.63, 3.8) is 0 Å². The van der Waals surface area contributed by atoms with Crippen molar-refractivity contribution >= 4 is 5.91 Å². The van der Waals surface area contributed by atoms with E-state index in [0.29, 0.717) is 12.0 Å². The molecule has 2 aromatic heterocycles. The minimum absolute atomic E-state index is 0.0183. The number of carbonyl (C=O) groups excluding carboxylic acids is 1. The van der Waals surface area contributed by atoms with Crippen molar-refractivity contribution in [1.82, 2.24) is 20.0 Å². The van der Waals surface area contributed by atoms with Crippen molar-refractivity contribution in [2.75, 3.05) is 13.1 Å². The maximum absolute atomic E-state index is 13.1. The van der Waals surface area contributed by atoms with Crippen LogP contribution >= 0.6 is 0 Å². The zero-order chi connectivity index (χ0) is 18.2. The molecule has 0 saturated carbocycles. The van der Waals surface area contributed by atoms with Gasteiger partial charge >= 0.3 is 6.18 Å². The standard InChI is InChI=1S/C15H15F3N4O3/c1-8-6-22(7-12(24-8)13-20-9(2)21-25-13)14(23)10-3-4-19-5-11(10)15(16,17)18/h3-5,8,12H,6-7H2,1-2H3/t8-,12-/m1/s1. The molecule has 10 heteroatoms. The van der Waals surface area contributed by atoms with E-state index < -0.39 is 35.4 Å². The molecular weight excluding hydrogens is 341 g/mol. The van der Waals surface area contributed by atoms with Gasteiger partial charge in [-0.15, -0.1) is 0 Å². The molecule has 1 aliphatic heterocycles. The molecule has 0 aliphatic carbocycles. The summed E-state index contributed by atoms with van der Waals surface area (Å²) >= 11 is 0. The van der Waals surface area contributed by atoms with Crippen LogP contribution in [0.25, 0.3) is 0 Å². The number of aryl methyl sites for hydroxylation is 1. The first kappa shape index (κ1) is 17.3. The number of hydrogen-bond acceptors (Lipinski definition) is 6. The first-order valence-electron chi connectivity index (χ1n) is 7.52. The smallest absolute Gasteiger partial charge is 0.362 e. The molecule has 134 valence electrons. The second-order valence-electron chi connectivity index (χ2n) is 5.74. The molecule has 7 nitrogen and oxygen atoms in total. The Morgan fingerprint density at radius 3 is 2.76 bits per heavy atom. The molecule has 1 aliphatic rings. The van der Waals surface area contributed by atoms with Crippen LogP contribution in [0.3, 0.4) is 0 Å². The number of nitrogens with zero attached hydrogens (tertiary/aromatic N) is 4. The summed E-state index contributed by atoms with van der Waals surface area (Å²) in [5.41, 5.74) is -1.51. The summed E-state index contributed by atoms with van der Waals surface area (Å²) in [6, 6.07) is 1.07. The van der Waals surface area contributed by atoms with Gasteiger partial charge in [0.25, 0.3) is 11.8 Å². The minimum Gasteiger partial charge on any atom is -0.362 e. The Balaban J connectivity index is 1.87. The molecule has 3 heterocycles. The lowest BCUT2D eigenvalue weighted by Crippen LogP contribution is -2.46. The monoisotopic (exact) mass is 356 g/mol. The van der Waals surface area contributed by atoms with E-state index in [9.17, 15) is 18.0 Å². The lowest BCUT2D eigenvalue weighted by Gasteiger charge is -2.35. The van der Waals surface area contributed by atoms with E-state index >= 15 is 0 Å². The Kier molecular flexibility index (Phi) is 4.46. The molecular formula is C15H15F3N4O3. The number of aromatic nitrogens is 3. The molecule has 2 aromatic rings. The average Bonchev–Trinajstić information content (AvgIpc) is 2.99. The number of pyridine rings is 1. The molecule has 0 unspecified atom stereocenters. The van der Waals surface area contributed by atoms with Crippen LogP contribution in [0, 0.1) is 6.92 Å². The number of carbonyl (C=O) groups is 1.